The Morgan fingerprint density at radius 1 is 1.00 bits per heavy atom. The molecule has 3 rings (SSSR count). The first kappa shape index (κ1) is 16.3. The lowest BCUT2D eigenvalue weighted by molar-refractivity contribution is 0.0895. The highest BCUT2D eigenvalue weighted by Crippen LogP contribution is 2.25. The number of carbonyl (C=O) groups excluding carboxylic acids is 1. The molecule has 1 aromatic rings. The maximum Gasteiger partial charge on any atom is 0.166 e. The standard InChI is InChI=1S/C17H23NO2.ClH/c19-17(14-9-11-18-12-10-14)13-5-7-16(8-6-13)20-15-3-1-2-4-15;/h5-8,14-15,18H,1-4,9-12H2;1H. The van der Waals surface area contributed by atoms with E-state index in [4.69, 9.17) is 4.74 Å². The van der Waals surface area contributed by atoms with E-state index in [0.29, 0.717) is 11.9 Å². The van der Waals surface area contributed by atoms with Gasteiger partial charge in [-0.1, -0.05) is 0 Å². The lowest BCUT2D eigenvalue weighted by Crippen LogP contribution is -2.31. The van der Waals surface area contributed by atoms with Gasteiger partial charge in [0.05, 0.1) is 6.10 Å². The molecular weight excluding hydrogens is 286 g/mol. The van der Waals surface area contributed by atoms with Gasteiger partial charge >= 0.3 is 0 Å². The maximum atomic E-state index is 12.4. The van der Waals surface area contributed by atoms with Gasteiger partial charge in [0.2, 0.25) is 0 Å². The highest BCUT2D eigenvalue weighted by Gasteiger charge is 2.22. The molecule has 0 unspecified atom stereocenters. The molecule has 0 bridgehead atoms. The first-order chi connectivity index (χ1) is 9.83. The second kappa shape index (κ2) is 7.81. The van der Waals surface area contributed by atoms with Crippen molar-refractivity contribution in [1.82, 2.24) is 5.32 Å². The molecule has 1 heterocycles. The molecule has 0 spiro atoms. The van der Waals surface area contributed by atoms with Gasteiger partial charge in [-0.2, -0.15) is 0 Å². The van der Waals surface area contributed by atoms with Crippen molar-refractivity contribution in [2.45, 2.75) is 44.6 Å². The number of nitrogens with one attached hydrogen (secondary N) is 1. The summed E-state index contributed by atoms with van der Waals surface area (Å²) < 4.78 is 5.93. The summed E-state index contributed by atoms with van der Waals surface area (Å²) in [6, 6.07) is 7.75. The molecule has 116 valence electrons. The molecular formula is C17H24ClNO2. The number of hydrogen-bond donors (Lipinski definition) is 1. The summed E-state index contributed by atoms with van der Waals surface area (Å²) >= 11 is 0. The third-order valence-electron chi connectivity index (χ3n) is 4.45. The number of Topliss-reactive ketones (excluding diaryl/α,β-unsaturated/α-hetero) is 1. The molecule has 0 amide bonds. The molecule has 1 aliphatic heterocycles. The largest absolute Gasteiger partial charge is 0.490 e. The van der Waals surface area contributed by atoms with E-state index in [-0.39, 0.29) is 18.3 Å². The Kier molecular flexibility index (Phi) is 6.07. The summed E-state index contributed by atoms with van der Waals surface area (Å²) in [5.74, 6) is 1.38. The quantitative estimate of drug-likeness (QED) is 0.863. The third kappa shape index (κ3) is 4.21. The zero-order chi connectivity index (χ0) is 13.8. The molecule has 0 aromatic heterocycles. The van der Waals surface area contributed by atoms with E-state index >= 15 is 0 Å². The SMILES string of the molecule is Cl.O=C(c1ccc(OC2CCCC2)cc1)C1CCNCC1. The normalized spacial score (nSPS) is 20.0. The van der Waals surface area contributed by atoms with E-state index in [9.17, 15) is 4.79 Å². The molecule has 0 radical (unpaired) electrons. The Bertz CT molecular complexity index is 448. The van der Waals surface area contributed by atoms with Gasteiger partial charge in [-0.05, 0) is 75.9 Å². The summed E-state index contributed by atoms with van der Waals surface area (Å²) in [5.41, 5.74) is 0.829. The van der Waals surface area contributed by atoms with Crippen LogP contribution >= 0.6 is 12.4 Å². The molecule has 1 aromatic carbocycles. The molecule has 4 heteroatoms. The van der Waals surface area contributed by atoms with Crippen molar-refractivity contribution in [1.29, 1.82) is 0 Å². The predicted octanol–water partition coefficient (Wildman–Crippen LogP) is 3.61. The molecule has 3 nitrogen and oxygen atoms in total. The monoisotopic (exact) mass is 309 g/mol. The molecule has 2 aliphatic rings. The van der Waals surface area contributed by atoms with Gasteiger partial charge in [0.15, 0.2) is 5.78 Å². The zero-order valence-electron chi connectivity index (χ0n) is 12.3. The van der Waals surface area contributed by atoms with Crippen LogP contribution < -0.4 is 10.1 Å². The van der Waals surface area contributed by atoms with Crippen molar-refractivity contribution in [3.63, 3.8) is 0 Å². The van der Waals surface area contributed by atoms with E-state index < -0.39 is 0 Å². The minimum absolute atomic E-state index is 0. The van der Waals surface area contributed by atoms with E-state index in [2.05, 4.69) is 5.32 Å². The summed E-state index contributed by atoms with van der Waals surface area (Å²) in [6.07, 6.45) is 7.17. The Hall–Kier alpha value is -1.06. The number of ketones is 1. The molecule has 0 atom stereocenters. The van der Waals surface area contributed by atoms with Gasteiger partial charge in [0, 0.05) is 11.5 Å². The van der Waals surface area contributed by atoms with Crippen LogP contribution in [0.4, 0.5) is 0 Å². The Labute approximate surface area is 132 Å². The van der Waals surface area contributed by atoms with Gasteiger partial charge in [-0.15, -0.1) is 12.4 Å². The lowest BCUT2D eigenvalue weighted by Gasteiger charge is -2.21. The van der Waals surface area contributed by atoms with Gasteiger partial charge in [0.1, 0.15) is 5.75 Å². The Morgan fingerprint density at radius 2 is 1.62 bits per heavy atom. The molecule has 1 N–H and O–H groups in total. The topological polar surface area (TPSA) is 38.3 Å². The first-order valence-corrected chi connectivity index (χ1v) is 7.84. The fourth-order valence-electron chi connectivity index (χ4n) is 3.22. The first-order valence-electron chi connectivity index (χ1n) is 7.84. The van der Waals surface area contributed by atoms with Gasteiger partial charge in [-0.25, -0.2) is 0 Å². The van der Waals surface area contributed by atoms with E-state index in [0.717, 1.165) is 50.1 Å². The Morgan fingerprint density at radius 3 is 2.24 bits per heavy atom. The fraction of sp³-hybridized carbons (Fsp3) is 0.588. The Balaban J connectivity index is 0.00000161. The summed E-state index contributed by atoms with van der Waals surface area (Å²) in [5, 5.41) is 3.30. The molecule has 1 saturated heterocycles. The highest BCUT2D eigenvalue weighted by molar-refractivity contribution is 5.98. The van der Waals surface area contributed by atoms with Gasteiger partial charge in [-0.3, -0.25) is 4.79 Å². The van der Waals surface area contributed by atoms with Crippen molar-refractivity contribution in [2.75, 3.05) is 13.1 Å². The molecule has 21 heavy (non-hydrogen) atoms. The lowest BCUT2D eigenvalue weighted by atomic mass is 9.90. The minimum Gasteiger partial charge on any atom is -0.490 e. The van der Waals surface area contributed by atoms with Crippen LogP contribution in [0.15, 0.2) is 24.3 Å². The number of ether oxygens (including phenoxy) is 1. The zero-order valence-corrected chi connectivity index (χ0v) is 13.2. The number of halogens is 1. The second-order valence-corrected chi connectivity index (χ2v) is 5.94. The number of benzene rings is 1. The second-order valence-electron chi connectivity index (χ2n) is 5.94. The van der Waals surface area contributed by atoms with Crippen molar-refractivity contribution >= 4 is 18.2 Å². The molecule has 2 fully saturated rings. The van der Waals surface area contributed by atoms with Crippen LogP contribution in [0.3, 0.4) is 0 Å². The third-order valence-corrected chi connectivity index (χ3v) is 4.45. The molecule has 1 saturated carbocycles. The van der Waals surface area contributed by atoms with Crippen LogP contribution in [-0.2, 0) is 0 Å². The summed E-state index contributed by atoms with van der Waals surface area (Å²) in [7, 11) is 0. The highest BCUT2D eigenvalue weighted by atomic mass is 35.5. The van der Waals surface area contributed by atoms with Crippen LogP contribution in [0.1, 0.15) is 48.9 Å². The van der Waals surface area contributed by atoms with Crippen molar-refractivity contribution in [3.05, 3.63) is 29.8 Å². The van der Waals surface area contributed by atoms with E-state index in [1.807, 2.05) is 24.3 Å². The predicted molar refractivity (Wildman–Crippen MR) is 86.5 cm³/mol. The van der Waals surface area contributed by atoms with Crippen molar-refractivity contribution in [2.24, 2.45) is 5.92 Å². The van der Waals surface area contributed by atoms with Crippen molar-refractivity contribution in [3.8, 4) is 5.75 Å². The minimum atomic E-state index is 0. The number of hydrogen-bond acceptors (Lipinski definition) is 3. The van der Waals surface area contributed by atoms with Crippen LogP contribution in [-0.4, -0.2) is 25.0 Å². The summed E-state index contributed by atoms with van der Waals surface area (Å²) in [4.78, 5) is 12.4. The van der Waals surface area contributed by atoms with Crippen LogP contribution in [0, 0.1) is 5.92 Å². The van der Waals surface area contributed by atoms with Crippen LogP contribution in [0.2, 0.25) is 0 Å². The maximum absolute atomic E-state index is 12.4. The van der Waals surface area contributed by atoms with E-state index in [1.54, 1.807) is 0 Å². The number of piperidine rings is 1. The molecule has 1 aliphatic carbocycles. The van der Waals surface area contributed by atoms with Crippen molar-refractivity contribution < 1.29 is 9.53 Å². The fourth-order valence-corrected chi connectivity index (χ4v) is 3.22. The average Bonchev–Trinajstić information content (AvgIpc) is 3.01. The smallest absolute Gasteiger partial charge is 0.166 e. The van der Waals surface area contributed by atoms with Crippen LogP contribution in [0.5, 0.6) is 5.75 Å². The van der Waals surface area contributed by atoms with Gasteiger partial charge in [0.25, 0.3) is 0 Å². The average molecular weight is 310 g/mol. The number of rotatable bonds is 4. The van der Waals surface area contributed by atoms with E-state index in [1.165, 1.54) is 12.8 Å². The number of carbonyl (C=O) groups is 1. The van der Waals surface area contributed by atoms with Crippen LogP contribution in [0.25, 0.3) is 0 Å². The summed E-state index contributed by atoms with van der Waals surface area (Å²) in [6.45, 7) is 1.92. The van der Waals surface area contributed by atoms with Gasteiger partial charge < -0.3 is 10.1 Å².